The van der Waals surface area contributed by atoms with E-state index in [-0.39, 0.29) is 17.7 Å². The molecular formula is C16H20N2O2. The van der Waals surface area contributed by atoms with Crippen molar-refractivity contribution in [1.82, 2.24) is 4.90 Å². The lowest BCUT2D eigenvalue weighted by Crippen LogP contribution is -2.43. The molecule has 1 aromatic rings. The first-order chi connectivity index (χ1) is 9.60. The van der Waals surface area contributed by atoms with Gasteiger partial charge in [-0.1, -0.05) is 24.3 Å². The zero-order valence-corrected chi connectivity index (χ0v) is 11.8. The van der Waals surface area contributed by atoms with Gasteiger partial charge in [0.25, 0.3) is 0 Å². The summed E-state index contributed by atoms with van der Waals surface area (Å²) in [5.41, 5.74) is 1.95. The van der Waals surface area contributed by atoms with Crippen molar-refractivity contribution in [2.45, 2.75) is 19.8 Å². The molecule has 0 aromatic heterocycles. The van der Waals surface area contributed by atoms with E-state index in [1.165, 1.54) is 6.08 Å². The second kappa shape index (κ2) is 6.37. The molecule has 0 saturated carbocycles. The molecule has 1 fully saturated rings. The van der Waals surface area contributed by atoms with Crippen LogP contribution in [-0.4, -0.2) is 29.8 Å². The summed E-state index contributed by atoms with van der Waals surface area (Å²) >= 11 is 0. The monoisotopic (exact) mass is 272 g/mol. The van der Waals surface area contributed by atoms with Crippen molar-refractivity contribution in [3.8, 4) is 0 Å². The molecule has 0 bridgehead atoms. The van der Waals surface area contributed by atoms with Crippen LogP contribution in [-0.2, 0) is 9.59 Å². The fraction of sp³-hybridized carbons (Fsp3) is 0.375. The number of carbonyl (C=O) groups excluding carboxylic acids is 2. The summed E-state index contributed by atoms with van der Waals surface area (Å²) in [5.74, 6) is -0.262. The summed E-state index contributed by atoms with van der Waals surface area (Å²) in [6.45, 7) is 6.68. The number of piperidine rings is 1. The predicted octanol–water partition coefficient (Wildman–Crippen LogP) is 2.36. The van der Waals surface area contributed by atoms with Crippen LogP contribution in [0.4, 0.5) is 5.69 Å². The molecule has 4 nitrogen and oxygen atoms in total. The largest absolute Gasteiger partial charge is 0.338 e. The van der Waals surface area contributed by atoms with Gasteiger partial charge in [-0.25, -0.2) is 0 Å². The van der Waals surface area contributed by atoms with Crippen LogP contribution >= 0.6 is 0 Å². The number of hydrogen-bond acceptors (Lipinski definition) is 2. The van der Waals surface area contributed by atoms with E-state index in [4.69, 9.17) is 0 Å². The number of nitrogens with one attached hydrogen (secondary N) is 1. The number of likely N-dealkylation sites (tertiary alicyclic amines) is 1. The minimum absolute atomic E-state index is 0.0181. The maximum atomic E-state index is 12.2. The van der Waals surface area contributed by atoms with Crippen molar-refractivity contribution >= 4 is 17.5 Å². The third-order valence-electron chi connectivity index (χ3n) is 3.60. The van der Waals surface area contributed by atoms with Gasteiger partial charge in [0, 0.05) is 18.8 Å². The van der Waals surface area contributed by atoms with Gasteiger partial charge in [-0.15, -0.1) is 0 Å². The number of amides is 2. The van der Waals surface area contributed by atoms with Gasteiger partial charge in [0.2, 0.25) is 11.8 Å². The molecule has 0 spiro atoms. The topological polar surface area (TPSA) is 49.4 Å². The molecule has 2 amide bonds. The fourth-order valence-electron chi connectivity index (χ4n) is 2.40. The Labute approximate surface area is 119 Å². The van der Waals surface area contributed by atoms with E-state index >= 15 is 0 Å². The summed E-state index contributed by atoms with van der Waals surface area (Å²) in [6, 6.07) is 7.71. The Kier molecular flexibility index (Phi) is 4.56. The molecule has 0 radical (unpaired) electrons. The van der Waals surface area contributed by atoms with Crippen LogP contribution in [0, 0.1) is 12.8 Å². The number of carbonyl (C=O) groups is 2. The van der Waals surface area contributed by atoms with Crippen LogP contribution in [0.5, 0.6) is 0 Å². The highest BCUT2D eigenvalue weighted by molar-refractivity contribution is 5.93. The number of nitrogens with zero attached hydrogens (tertiary/aromatic N) is 1. The highest BCUT2D eigenvalue weighted by Crippen LogP contribution is 2.19. The second-order valence-corrected chi connectivity index (χ2v) is 5.18. The van der Waals surface area contributed by atoms with Crippen LogP contribution in [0.3, 0.4) is 0 Å². The first kappa shape index (κ1) is 14.3. The number of benzene rings is 1. The molecule has 1 aliphatic heterocycles. The van der Waals surface area contributed by atoms with Crippen LogP contribution in [0.25, 0.3) is 0 Å². The first-order valence-electron chi connectivity index (χ1n) is 6.89. The Hall–Kier alpha value is -2.10. The standard InChI is InChI=1S/C16H20N2O2/c1-3-15(19)18-10-4-5-13(11-18)16(20)17-14-8-6-12(2)7-9-14/h3,6-9,13H,1,4-5,10-11H2,2H3,(H,17,20). The van der Waals surface area contributed by atoms with Gasteiger partial charge in [0.1, 0.15) is 0 Å². The molecular weight excluding hydrogens is 252 g/mol. The van der Waals surface area contributed by atoms with E-state index in [1.807, 2.05) is 31.2 Å². The van der Waals surface area contributed by atoms with E-state index in [9.17, 15) is 9.59 Å². The van der Waals surface area contributed by atoms with Crippen molar-refractivity contribution in [3.63, 3.8) is 0 Å². The van der Waals surface area contributed by atoms with Crippen LogP contribution in [0.1, 0.15) is 18.4 Å². The smallest absolute Gasteiger partial charge is 0.245 e. The highest BCUT2D eigenvalue weighted by Gasteiger charge is 2.27. The van der Waals surface area contributed by atoms with Crippen LogP contribution < -0.4 is 5.32 Å². The lowest BCUT2D eigenvalue weighted by molar-refractivity contribution is -0.130. The minimum atomic E-state index is -0.144. The highest BCUT2D eigenvalue weighted by atomic mass is 16.2. The third-order valence-corrected chi connectivity index (χ3v) is 3.60. The van der Waals surface area contributed by atoms with Crippen molar-refractivity contribution in [2.24, 2.45) is 5.92 Å². The molecule has 1 unspecified atom stereocenters. The normalized spacial score (nSPS) is 18.4. The van der Waals surface area contributed by atoms with Gasteiger partial charge >= 0.3 is 0 Å². The molecule has 1 N–H and O–H groups in total. The van der Waals surface area contributed by atoms with Gasteiger partial charge in [-0.2, -0.15) is 0 Å². The number of aryl methyl sites for hydroxylation is 1. The summed E-state index contributed by atoms with van der Waals surface area (Å²) in [4.78, 5) is 25.5. The van der Waals surface area contributed by atoms with Crippen LogP contribution in [0.15, 0.2) is 36.9 Å². The average Bonchev–Trinajstić information content (AvgIpc) is 2.49. The Bertz CT molecular complexity index is 508. The Balaban J connectivity index is 1.96. The summed E-state index contributed by atoms with van der Waals surface area (Å²) in [6.07, 6.45) is 2.98. The van der Waals surface area contributed by atoms with E-state index < -0.39 is 0 Å². The molecule has 2 rings (SSSR count). The zero-order valence-electron chi connectivity index (χ0n) is 11.8. The average molecular weight is 272 g/mol. The van der Waals surface area contributed by atoms with E-state index in [1.54, 1.807) is 4.90 Å². The molecule has 1 aromatic carbocycles. The molecule has 1 aliphatic rings. The number of anilines is 1. The van der Waals surface area contributed by atoms with Crippen molar-refractivity contribution in [2.75, 3.05) is 18.4 Å². The zero-order chi connectivity index (χ0) is 14.5. The molecule has 1 saturated heterocycles. The van der Waals surface area contributed by atoms with Gasteiger partial charge in [0.15, 0.2) is 0 Å². The number of rotatable bonds is 3. The third kappa shape index (κ3) is 3.47. The summed E-state index contributed by atoms with van der Waals surface area (Å²) in [7, 11) is 0. The molecule has 1 heterocycles. The van der Waals surface area contributed by atoms with Crippen LogP contribution in [0.2, 0.25) is 0 Å². The Morgan fingerprint density at radius 1 is 1.35 bits per heavy atom. The second-order valence-electron chi connectivity index (χ2n) is 5.18. The fourth-order valence-corrected chi connectivity index (χ4v) is 2.40. The van der Waals surface area contributed by atoms with Crippen molar-refractivity contribution in [1.29, 1.82) is 0 Å². The summed E-state index contributed by atoms with van der Waals surface area (Å²) < 4.78 is 0. The van der Waals surface area contributed by atoms with E-state index in [2.05, 4.69) is 11.9 Å². The first-order valence-corrected chi connectivity index (χ1v) is 6.89. The molecule has 20 heavy (non-hydrogen) atoms. The minimum Gasteiger partial charge on any atom is -0.338 e. The van der Waals surface area contributed by atoms with Gasteiger partial charge in [0.05, 0.1) is 5.92 Å². The maximum Gasteiger partial charge on any atom is 0.245 e. The number of hydrogen-bond donors (Lipinski definition) is 1. The van der Waals surface area contributed by atoms with E-state index in [0.717, 1.165) is 24.1 Å². The molecule has 4 heteroatoms. The SMILES string of the molecule is C=CC(=O)N1CCCC(C(=O)Nc2ccc(C)cc2)C1. The Morgan fingerprint density at radius 3 is 2.70 bits per heavy atom. The summed E-state index contributed by atoms with van der Waals surface area (Å²) in [5, 5.41) is 2.91. The van der Waals surface area contributed by atoms with Gasteiger partial charge in [-0.3, -0.25) is 9.59 Å². The Morgan fingerprint density at radius 2 is 2.05 bits per heavy atom. The van der Waals surface area contributed by atoms with Crippen molar-refractivity contribution in [3.05, 3.63) is 42.5 Å². The lowest BCUT2D eigenvalue weighted by Gasteiger charge is -2.31. The lowest BCUT2D eigenvalue weighted by atomic mass is 9.97. The maximum absolute atomic E-state index is 12.2. The quantitative estimate of drug-likeness (QED) is 0.859. The predicted molar refractivity (Wildman–Crippen MR) is 79.3 cm³/mol. The van der Waals surface area contributed by atoms with Gasteiger partial charge in [-0.05, 0) is 38.0 Å². The molecule has 0 aliphatic carbocycles. The molecule has 106 valence electrons. The van der Waals surface area contributed by atoms with Gasteiger partial charge < -0.3 is 10.2 Å². The van der Waals surface area contributed by atoms with Crippen molar-refractivity contribution < 1.29 is 9.59 Å². The van der Waals surface area contributed by atoms with E-state index in [0.29, 0.717) is 13.1 Å². The molecule has 1 atom stereocenters.